The molecule has 22 heavy (non-hydrogen) atoms. The molecule has 1 aliphatic heterocycles. The summed E-state index contributed by atoms with van der Waals surface area (Å²) in [5.74, 6) is 1.12. The minimum atomic E-state index is -3.61. The second-order valence-corrected chi connectivity index (χ2v) is 7.58. The molecule has 2 aromatic heterocycles. The van der Waals surface area contributed by atoms with Gasteiger partial charge in [0.05, 0.1) is 10.9 Å². The van der Waals surface area contributed by atoms with E-state index in [1.54, 1.807) is 11.3 Å². The number of nitrogens with zero attached hydrogens (tertiary/aromatic N) is 4. The highest BCUT2D eigenvalue weighted by Gasteiger charge is 2.29. The minimum Gasteiger partial charge on any atom is -0.337 e. The van der Waals surface area contributed by atoms with Crippen LogP contribution in [0.5, 0.6) is 0 Å². The summed E-state index contributed by atoms with van der Waals surface area (Å²) in [4.78, 5) is 7.49. The molecule has 120 valence electrons. The third-order valence-corrected chi connectivity index (χ3v) is 5.67. The summed E-state index contributed by atoms with van der Waals surface area (Å²) >= 11 is 1.55. The van der Waals surface area contributed by atoms with E-state index in [-0.39, 0.29) is 6.04 Å². The fourth-order valence-electron chi connectivity index (χ4n) is 2.41. The zero-order chi connectivity index (χ0) is 15.7. The van der Waals surface area contributed by atoms with E-state index in [1.807, 2.05) is 24.4 Å². The highest BCUT2D eigenvalue weighted by molar-refractivity contribution is 7.86. The summed E-state index contributed by atoms with van der Waals surface area (Å²) < 4.78 is 29.2. The van der Waals surface area contributed by atoms with Gasteiger partial charge in [-0.05, 0) is 18.4 Å². The number of piperazine rings is 1. The molecule has 1 atom stereocenters. The monoisotopic (exact) mass is 343 g/mol. The molecule has 1 fully saturated rings. The Hall–Kier alpha value is -1.33. The van der Waals surface area contributed by atoms with Crippen molar-refractivity contribution in [2.45, 2.75) is 13.0 Å². The van der Waals surface area contributed by atoms with Gasteiger partial charge in [-0.2, -0.15) is 17.7 Å². The Bertz CT molecular complexity index is 720. The smallest absolute Gasteiger partial charge is 0.276 e. The molecule has 3 rings (SSSR count). The van der Waals surface area contributed by atoms with Gasteiger partial charge in [-0.3, -0.25) is 4.90 Å². The van der Waals surface area contributed by atoms with Crippen LogP contribution in [-0.2, 0) is 10.2 Å². The Kier molecular flexibility index (Phi) is 4.28. The fourth-order valence-corrected chi connectivity index (χ4v) is 3.73. The summed E-state index contributed by atoms with van der Waals surface area (Å²) in [6.45, 7) is 3.87. The molecule has 0 aromatic carbocycles. The minimum absolute atomic E-state index is 0.0659. The van der Waals surface area contributed by atoms with Gasteiger partial charge in [-0.15, -0.1) is 11.3 Å². The van der Waals surface area contributed by atoms with Crippen molar-refractivity contribution >= 4 is 21.5 Å². The van der Waals surface area contributed by atoms with Crippen molar-refractivity contribution in [3.63, 3.8) is 0 Å². The third kappa shape index (κ3) is 3.20. The number of hydrogen-bond donors (Lipinski definition) is 1. The van der Waals surface area contributed by atoms with Crippen LogP contribution in [0.15, 0.2) is 22.0 Å². The fraction of sp³-hybridized carbons (Fsp3) is 0.500. The van der Waals surface area contributed by atoms with Crippen molar-refractivity contribution in [3.05, 3.63) is 23.4 Å². The van der Waals surface area contributed by atoms with E-state index < -0.39 is 10.2 Å². The summed E-state index contributed by atoms with van der Waals surface area (Å²) in [6.07, 6.45) is 0. The first-order valence-electron chi connectivity index (χ1n) is 6.84. The maximum Gasteiger partial charge on any atom is 0.276 e. The molecular weight excluding hydrogens is 326 g/mol. The lowest BCUT2D eigenvalue weighted by atomic mass is 10.2. The maximum atomic E-state index is 11.3. The van der Waals surface area contributed by atoms with E-state index in [4.69, 9.17) is 9.66 Å². The Morgan fingerprint density at radius 1 is 1.36 bits per heavy atom. The first-order valence-corrected chi connectivity index (χ1v) is 9.23. The van der Waals surface area contributed by atoms with Crippen LogP contribution in [0.3, 0.4) is 0 Å². The van der Waals surface area contributed by atoms with E-state index in [2.05, 4.69) is 15.0 Å². The molecule has 10 heteroatoms. The van der Waals surface area contributed by atoms with Gasteiger partial charge in [0.1, 0.15) is 0 Å². The molecule has 0 spiro atoms. The van der Waals surface area contributed by atoms with Crippen molar-refractivity contribution in [1.82, 2.24) is 19.3 Å². The number of rotatable bonds is 4. The average Bonchev–Trinajstić information content (AvgIpc) is 3.16. The van der Waals surface area contributed by atoms with Crippen LogP contribution in [0.2, 0.25) is 0 Å². The van der Waals surface area contributed by atoms with Gasteiger partial charge in [0.2, 0.25) is 11.7 Å². The molecule has 0 bridgehead atoms. The third-order valence-electron chi connectivity index (χ3n) is 3.72. The molecule has 8 nitrogen and oxygen atoms in total. The molecule has 3 heterocycles. The standard InChI is InChI=1S/C12H17N5O3S2/c1-9(16-4-6-17(7-5-16)22(13,18)19)12-14-11(15-20-12)10-3-2-8-21-10/h2-3,8-9H,4-7H2,1H3,(H2,13,18,19). The van der Waals surface area contributed by atoms with Crippen molar-refractivity contribution in [1.29, 1.82) is 0 Å². The molecule has 1 aliphatic rings. The summed E-state index contributed by atoms with van der Waals surface area (Å²) in [5.41, 5.74) is 0. The quantitative estimate of drug-likeness (QED) is 0.875. The van der Waals surface area contributed by atoms with Crippen molar-refractivity contribution in [3.8, 4) is 10.7 Å². The molecule has 1 saturated heterocycles. The van der Waals surface area contributed by atoms with Gasteiger partial charge in [-0.1, -0.05) is 11.2 Å². The largest absolute Gasteiger partial charge is 0.337 e. The van der Waals surface area contributed by atoms with Crippen LogP contribution < -0.4 is 5.14 Å². The van der Waals surface area contributed by atoms with Crippen molar-refractivity contribution in [2.75, 3.05) is 26.2 Å². The lowest BCUT2D eigenvalue weighted by Crippen LogP contribution is -2.51. The van der Waals surface area contributed by atoms with Crippen molar-refractivity contribution < 1.29 is 12.9 Å². The van der Waals surface area contributed by atoms with Gasteiger partial charge < -0.3 is 4.52 Å². The van der Waals surface area contributed by atoms with Crippen LogP contribution >= 0.6 is 11.3 Å². The van der Waals surface area contributed by atoms with E-state index in [0.29, 0.717) is 37.9 Å². The van der Waals surface area contributed by atoms with Crippen LogP contribution in [0.1, 0.15) is 18.9 Å². The Labute approximate surface area is 132 Å². The normalized spacial score (nSPS) is 19.4. The van der Waals surface area contributed by atoms with E-state index in [0.717, 1.165) is 4.88 Å². The predicted octanol–water partition coefficient (Wildman–Crippen LogP) is 0.680. The number of aromatic nitrogens is 2. The zero-order valence-electron chi connectivity index (χ0n) is 12.0. The molecule has 1 unspecified atom stereocenters. The first-order chi connectivity index (χ1) is 10.4. The molecule has 0 radical (unpaired) electrons. The SMILES string of the molecule is CC(c1nc(-c2cccs2)no1)N1CCN(S(N)(=O)=O)CC1. The maximum absolute atomic E-state index is 11.3. The lowest BCUT2D eigenvalue weighted by molar-refractivity contribution is 0.124. The molecule has 2 aromatic rings. The summed E-state index contributed by atoms with van der Waals surface area (Å²) in [7, 11) is -3.61. The van der Waals surface area contributed by atoms with E-state index in [9.17, 15) is 8.42 Å². The Morgan fingerprint density at radius 2 is 2.09 bits per heavy atom. The topological polar surface area (TPSA) is 106 Å². The Balaban J connectivity index is 1.67. The molecule has 0 saturated carbocycles. The van der Waals surface area contributed by atoms with Gasteiger partial charge in [0.15, 0.2) is 0 Å². The van der Waals surface area contributed by atoms with Crippen LogP contribution in [0, 0.1) is 0 Å². The van der Waals surface area contributed by atoms with Crippen LogP contribution in [0.25, 0.3) is 10.7 Å². The van der Waals surface area contributed by atoms with E-state index >= 15 is 0 Å². The molecular formula is C12H17N5O3S2. The van der Waals surface area contributed by atoms with Crippen LogP contribution in [-0.4, -0.2) is 53.9 Å². The zero-order valence-corrected chi connectivity index (χ0v) is 13.7. The van der Waals surface area contributed by atoms with Gasteiger partial charge >= 0.3 is 0 Å². The second kappa shape index (κ2) is 6.05. The molecule has 0 aliphatic carbocycles. The van der Waals surface area contributed by atoms with Gasteiger partial charge in [0, 0.05) is 26.2 Å². The van der Waals surface area contributed by atoms with E-state index in [1.165, 1.54) is 4.31 Å². The predicted molar refractivity (Wildman–Crippen MR) is 82.3 cm³/mol. The second-order valence-electron chi connectivity index (χ2n) is 5.09. The number of hydrogen-bond acceptors (Lipinski definition) is 7. The summed E-state index contributed by atoms with van der Waals surface area (Å²) in [6, 6.07) is 3.81. The average molecular weight is 343 g/mol. The highest BCUT2D eigenvalue weighted by atomic mass is 32.2. The molecule has 0 amide bonds. The number of nitrogens with two attached hydrogens (primary N) is 1. The first kappa shape index (κ1) is 15.6. The van der Waals surface area contributed by atoms with Gasteiger partial charge in [-0.25, -0.2) is 5.14 Å². The highest BCUT2D eigenvalue weighted by Crippen LogP contribution is 2.25. The molecule has 2 N–H and O–H groups in total. The van der Waals surface area contributed by atoms with Gasteiger partial charge in [0.25, 0.3) is 10.2 Å². The lowest BCUT2D eigenvalue weighted by Gasteiger charge is -2.35. The van der Waals surface area contributed by atoms with Crippen LogP contribution in [0.4, 0.5) is 0 Å². The number of thiophene rings is 1. The summed E-state index contributed by atoms with van der Waals surface area (Å²) in [5, 5.41) is 11.1. The Morgan fingerprint density at radius 3 is 2.68 bits per heavy atom. The van der Waals surface area contributed by atoms with Crippen molar-refractivity contribution in [2.24, 2.45) is 5.14 Å².